The molecule has 1 aromatic carbocycles. The average Bonchev–Trinajstić information content (AvgIpc) is 2.27. The molecule has 1 atom stereocenters. The highest BCUT2D eigenvalue weighted by Gasteiger charge is 2.13. The van der Waals surface area contributed by atoms with Gasteiger partial charge >= 0.3 is 0 Å². The van der Waals surface area contributed by atoms with Gasteiger partial charge in [-0.05, 0) is 19.3 Å². The van der Waals surface area contributed by atoms with Crippen LogP contribution >= 0.6 is 0 Å². The van der Waals surface area contributed by atoms with Crippen molar-refractivity contribution in [2.75, 3.05) is 5.32 Å². The Bertz CT molecular complexity index is 392. The van der Waals surface area contributed by atoms with Crippen molar-refractivity contribution in [2.45, 2.75) is 25.3 Å². The molecule has 86 valence electrons. The Labute approximate surface area is 92.0 Å². The van der Waals surface area contributed by atoms with Gasteiger partial charge in [0.1, 0.15) is 0 Å². The van der Waals surface area contributed by atoms with Crippen molar-refractivity contribution < 1.29 is 13.2 Å². The van der Waals surface area contributed by atoms with Gasteiger partial charge < -0.3 is 5.32 Å². The smallest absolute Gasteiger partial charge is 0.194 e. The Balaban J connectivity index is 2.15. The lowest BCUT2D eigenvalue weighted by Gasteiger charge is -2.19. The van der Waals surface area contributed by atoms with Crippen LogP contribution < -0.4 is 5.32 Å². The first-order valence-electron chi connectivity index (χ1n) is 5.24. The van der Waals surface area contributed by atoms with Gasteiger partial charge in [0.15, 0.2) is 17.5 Å². The molecule has 0 spiro atoms. The molecule has 0 bridgehead atoms. The van der Waals surface area contributed by atoms with E-state index < -0.39 is 17.5 Å². The van der Waals surface area contributed by atoms with E-state index in [9.17, 15) is 13.2 Å². The van der Waals surface area contributed by atoms with Crippen molar-refractivity contribution in [2.24, 2.45) is 0 Å². The van der Waals surface area contributed by atoms with Gasteiger partial charge in [-0.3, -0.25) is 0 Å². The predicted octanol–water partition coefficient (Wildman–Crippen LogP) is 3.62. The Morgan fingerprint density at radius 1 is 1.12 bits per heavy atom. The summed E-state index contributed by atoms with van der Waals surface area (Å²) in [7, 11) is 0. The van der Waals surface area contributed by atoms with E-state index in [1.807, 2.05) is 12.2 Å². The van der Waals surface area contributed by atoms with Crippen molar-refractivity contribution in [3.63, 3.8) is 0 Å². The van der Waals surface area contributed by atoms with Crippen LogP contribution in [0.5, 0.6) is 0 Å². The zero-order valence-corrected chi connectivity index (χ0v) is 8.64. The van der Waals surface area contributed by atoms with E-state index in [4.69, 9.17) is 0 Å². The number of nitrogens with one attached hydrogen (secondary N) is 1. The van der Waals surface area contributed by atoms with Gasteiger partial charge in [-0.1, -0.05) is 12.2 Å². The normalized spacial score (nSPS) is 19.8. The fourth-order valence-corrected chi connectivity index (χ4v) is 1.79. The zero-order chi connectivity index (χ0) is 11.5. The van der Waals surface area contributed by atoms with Crippen molar-refractivity contribution >= 4 is 5.69 Å². The summed E-state index contributed by atoms with van der Waals surface area (Å²) in [5.41, 5.74) is 0.271. The standard InChI is InChI=1S/C12H12F3N/c13-10-6-9(7-11(14)12(10)15)16-8-4-2-1-3-5-8/h2,4,6-8,16H,1,3,5H2. The topological polar surface area (TPSA) is 12.0 Å². The van der Waals surface area contributed by atoms with Crippen LogP contribution in [0, 0.1) is 17.5 Å². The van der Waals surface area contributed by atoms with E-state index in [0.717, 1.165) is 31.4 Å². The van der Waals surface area contributed by atoms with Crippen molar-refractivity contribution in [1.82, 2.24) is 0 Å². The average molecular weight is 227 g/mol. The molecule has 0 aliphatic heterocycles. The Hall–Kier alpha value is -1.45. The molecule has 1 aromatic rings. The van der Waals surface area contributed by atoms with Crippen molar-refractivity contribution in [1.29, 1.82) is 0 Å². The maximum absolute atomic E-state index is 12.9. The lowest BCUT2D eigenvalue weighted by molar-refractivity contribution is 0.447. The molecule has 0 aromatic heterocycles. The largest absolute Gasteiger partial charge is 0.379 e. The molecule has 1 unspecified atom stereocenters. The molecule has 0 fully saturated rings. The minimum Gasteiger partial charge on any atom is -0.379 e. The first-order valence-corrected chi connectivity index (χ1v) is 5.24. The molecular formula is C12H12F3N. The number of hydrogen-bond acceptors (Lipinski definition) is 1. The number of halogens is 3. The third-order valence-electron chi connectivity index (χ3n) is 2.59. The molecule has 2 rings (SSSR count). The lowest BCUT2D eigenvalue weighted by atomic mass is 10.0. The van der Waals surface area contributed by atoms with E-state index in [0.29, 0.717) is 0 Å². The van der Waals surface area contributed by atoms with E-state index >= 15 is 0 Å². The van der Waals surface area contributed by atoms with Crippen molar-refractivity contribution in [3.8, 4) is 0 Å². The summed E-state index contributed by atoms with van der Waals surface area (Å²) in [6, 6.07) is 2.01. The summed E-state index contributed by atoms with van der Waals surface area (Å²) in [4.78, 5) is 0. The van der Waals surface area contributed by atoms with E-state index in [-0.39, 0.29) is 11.7 Å². The van der Waals surface area contributed by atoms with Crippen molar-refractivity contribution in [3.05, 3.63) is 41.7 Å². The quantitative estimate of drug-likeness (QED) is 0.601. The molecule has 16 heavy (non-hydrogen) atoms. The minimum absolute atomic E-state index is 0.0676. The van der Waals surface area contributed by atoms with Crippen LogP contribution in [0.25, 0.3) is 0 Å². The Morgan fingerprint density at radius 2 is 1.81 bits per heavy atom. The van der Waals surface area contributed by atoms with Crippen LogP contribution in [-0.2, 0) is 0 Å². The van der Waals surface area contributed by atoms with Gasteiger partial charge in [0.2, 0.25) is 0 Å². The lowest BCUT2D eigenvalue weighted by Crippen LogP contribution is -2.18. The first-order chi connectivity index (χ1) is 7.66. The van der Waals surface area contributed by atoms with Gasteiger partial charge in [-0.15, -0.1) is 0 Å². The molecule has 0 saturated carbocycles. The molecule has 1 nitrogen and oxygen atoms in total. The maximum Gasteiger partial charge on any atom is 0.194 e. The van der Waals surface area contributed by atoms with Gasteiger partial charge in [-0.25, -0.2) is 13.2 Å². The van der Waals surface area contributed by atoms with Gasteiger partial charge in [0, 0.05) is 23.9 Å². The highest BCUT2D eigenvalue weighted by molar-refractivity contribution is 5.46. The van der Waals surface area contributed by atoms with Gasteiger partial charge in [-0.2, -0.15) is 0 Å². The minimum atomic E-state index is -1.43. The van der Waals surface area contributed by atoms with Crippen LogP contribution in [0.2, 0.25) is 0 Å². The number of rotatable bonds is 2. The van der Waals surface area contributed by atoms with Crippen LogP contribution in [0.3, 0.4) is 0 Å². The number of hydrogen-bond donors (Lipinski definition) is 1. The summed E-state index contributed by atoms with van der Waals surface area (Å²) in [6.07, 6.45) is 6.97. The SMILES string of the molecule is Fc1cc(NC2C=CCCC2)cc(F)c1F. The monoisotopic (exact) mass is 227 g/mol. The highest BCUT2D eigenvalue weighted by Crippen LogP contribution is 2.20. The fourth-order valence-electron chi connectivity index (χ4n) is 1.79. The molecule has 0 saturated heterocycles. The second-order valence-electron chi connectivity index (χ2n) is 3.86. The van der Waals surface area contributed by atoms with Gasteiger partial charge in [0.05, 0.1) is 0 Å². The Morgan fingerprint density at radius 3 is 2.38 bits per heavy atom. The molecule has 1 N–H and O–H groups in total. The second-order valence-corrected chi connectivity index (χ2v) is 3.86. The zero-order valence-electron chi connectivity index (χ0n) is 8.64. The second kappa shape index (κ2) is 4.60. The fraction of sp³-hybridized carbons (Fsp3) is 0.333. The predicted molar refractivity (Wildman–Crippen MR) is 56.7 cm³/mol. The molecular weight excluding hydrogens is 215 g/mol. The number of allylic oxidation sites excluding steroid dienone is 1. The summed E-state index contributed by atoms with van der Waals surface area (Å²) in [5.74, 6) is -3.76. The molecule has 4 heteroatoms. The van der Waals surface area contributed by atoms with Crippen LogP contribution in [-0.4, -0.2) is 6.04 Å². The van der Waals surface area contributed by atoms with Crippen LogP contribution in [0.1, 0.15) is 19.3 Å². The van der Waals surface area contributed by atoms with Crippen LogP contribution in [0.4, 0.5) is 18.9 Å². The Kier molecular flexibility index (Phi) is 3.17. The number of benzene rings is 1. The third-order valence-corrected chi connectivity index (χ3v) is 2.59. The molecule has 0 heterocycles. The molecule has 1 aliphatic carbocycles. The first kappa shape index (κ1) is 11.0. The van der Waals surface area contributed by atoms with E-state index in [1.54, 1.807) is 0 Å². The molecule has 0 radical (unpaired) electrons. The summed E-state index contributed by atoms with van der Waals surface area (Å²) >= 11 is 0. The van der Waals surface area contributed by atoms with E-state index in [1.165, 1.54) is 0 Å². The summed E-state index contributed by atoms with van der Waals surface area (Å²) < 4.78 is 38.5. The highest BCUT2D eigenvalue weighted by atomic mass is 19.2. The number of anilines is 1. The summed E-state index contributed by atoms with van der Waals surface area (Å²) in [6.45, 7) is 0. The third kappa shape index (κ3) is 2.38. The van der Waals surface area contributed by atoms with Gasteiger partial charge in [0.25, 0.3) is 0 Å². The van der Waals surface area contributed by atoms with E-state index in [2.05, 4.69) is 5.32 Å². The maximum atomic E-state index is 12.9. The van der Waals surface area contributed by atoms with Crippen LogP contribution in [0.15, 0.2) is 24.3 Å². The summed E-state index contributed by atoms with van der Waals surface area (Å²) in [5, 5.41) is 2.96. The molecule has 1 aliphatic rings. The molecule has 0 amide bonds.